The van der Waals surface area contributed by atoms with Crippen LogP contribution in [0.25, 0.3) is 5.69 Å². The van der Waals surface area contributed by atoms with Crippen LogP contribution in [0.1, 0.15) is 61.5 Å². The van der Waals surface area contributed by atoms with Crippen LogP contribution in [-0.2, 0) is 11.2 Å². The molecule has 7 rings (SSSR count). The summed E-state index contributed by atoms with van der Waals surface area (Å²) in [4.78, 5) is 11.7. The molecule has 0 radical (unpaired) electrons. The summed E-state index contributed by atoms with van der Waals surface area (Å²) in [5.41, 5.74) is 4.72. The lowest BCUT2D eigenvalue weighted by molar-refractivity contribution is 0.00212. The Hall–Kier alpha value is -3.72. The first-order valence-corrected chi connectivity index (χ1v) is 14.8. The molecule has 2 atom stereocenters. The van der Waals surface area contributed by atoms with Gasteiger partial charge in [0.2, 0.25) is 0 Å². The SMILES string of the molecule is OC(NC1CCc2ccc(N3CCC4(CCOCC4)CC3)cc2-n2ccnc21)c1cc(Oc2ccccc2)ccn1. The third kappa shape index (κ3) is 5.47. The van der Waals surface area contributed by atoms with E-state index in [1.165, 1.54) is 42.6 Å². The summed E-state index contributed by atoms with van der Waals surface area (Å²) < 4.78 is 13.8. The van der Waals surface area contributed by atoms with Gasteiger partial charge in [-0.15, -0.1) is 0 Å². The van der Waals surface area contributed by atoms with Crippen LogP contribution in [0.3, 0.4) is 0 Å². The highest BCUT2D eigenvalue weighted by molar-refractivity contribution is 5.58. The molecule has 8 heteroatoms. The number of piperidine rings is 1. The molecule has 2 aromatic carbocycles. The summed E-state index contributed by atoms with van der Waals surface area (Å²) in [5, 5.41) is 14.6. The number of hydrogen-bond acceptors (Lipinski definition) is 7. The number of aryl methyl sites for hydroxylation is 1. The average Bonchev–Trinajstić information content (AvgIpc) is 3.45. The number of nitrogens with one attached hydrogen (secondary N) is 1. The Labute approximate surface area is 241 Å². The highest BCUT2D eigenvalue weighted by Gasteiger charge is 2.36. The van der Waals surface area contributed by atoms with Crippen molar-refractivity contribution in [3.8, 4) is 17.2 Å². The van der Waals surface area contributed by atoms with E-state index >= 15 is 0 Å². The molecule has 0 aliphatic carbocycles. The third-order valence-electron chi connectivity index (χ3n) is 9.13. The van der Waals surface area contributed by atoms with Gasteiger partial charge in [-0.1, -0.05) is 24.3 Å². The number of para-hydroxylation sites is 1. The summed E-state index contributed by atoms with van der Waals surface area (Å²) in [6.07, 6.45) is 11.1. The van der Waals surface area contributed by atoms with E-state index in [0.29, 0.717) is 16.9 Å². The van der Waals surface area contributed by atoms with Crippen LogP contribution >= 0.6 is 0 Å². The van der Waals surface area contributed by atoms with Crippen molar-refractivity contribution in [1.29, 1.82) is 0 Å². The molecule has 0 saturated carbocycles. The Kier molecular flexibility index (Phi) is 7.21. The van der Waals surface area contributed by atoms with E-state index in [0.717, 1.165) is 50.7 Å². The van der Waals surface area contributed by atoms with Gasteiger partial charge in [0.05, 0.1) is 17.4 Å². The predicted molar refractivity (Wildman–Crippen MR) is 157 cm³/mol. The van der Waals surface area contributed by atoms with Gasteiger partial charge < -0.3 is 24.0 Å². The van der Waals surface area contributed by atoms with Crippen molar-refractivity contribution in [3.63, 3.8) is 0 Å². The van der Waals surface area contributed by atoms with Gasteiger partial charge in [-0.3, -0.25) is 10.3 Å². The van der Waals surface area contributed by atoms with Crippen LogP contribution in [0.5, 0.6) is 11.5 Å². The molecule has 3 aliphatic heterocycles. The molecular formula is C33H37N5O3. The normalized spacial score (nSPS) is 20.6. The van der Waals surface area contributed by atoms with E-state index < -0.39 is 6.23 Å². The number of hydrogen-bond donors (Lipinski definition) is 2. The van der Waals surface area contributed by atoms with Crippen LogP contribution in [0, 0.1) is 5.41 Å². The Morgan fingerprint density at radius 3 is 2.59 bits per heavy atom. The fraction of sp³-hybridized carbons (Fsp3) is 0.394. The monoisotopic (exact) mass is 551 g/mol. The maximum Gasteiger partial charge on any atom is 0.148 e. The number of aromatic nitrogens is 3. The number of benzene rings is 2. The lowest BCUT2D eigenvalue weighted by Crippen LogP contribution is -2.43. The minimum atomic E-state index is -0.966. The summed E-state index contributed by atoms with van der Waals surface area (Å²) in [6.45, 7) is 4.00. The van der Waals surface area contributed by atoms with Crippen molar-refractivity contribution in [2.75, 3.05) is 31.2 Å². The molecule has 1 spiro atoms. The molecule has 2 aromatic heterocycles. The van der Waals surface area contributed by atoms with E-state index in [1.807, 2.05) is 42.7 Å². The quantitative estimate of drug-likeness (QED) is 0.296. The van der Waals surface area contributed by atoms with Gasteiger partial charge in [0.15, 0.2) is 0 Å². The lowest BCUT2D eigenvalue weighted by atomic mass is 9.72. The molecule has 0 amide bonds. The van der Waals surface area contributed by atoms with Crippen molar-refractivity contribution in [2.24, 2.45) is 5.41 Å². The van der Waals surface area contributed by atoms with Gasteiger partial charge in [-0.25, -0.2) is 4.98 Å². The van der Waals surface area contributed by atoms with Crippen molar-refractivity contribution in [1.82, 2.24) is 19.9 Å². The number of rotatable bonds is 6. The van der Waals surface area contributed by atoms with E-state index in [9.17, 15) is 5.11 Å². The maximum absolute atomic E-state index is 11.2. The van der Waals surface area contributed by atoms with Gasteiger partial charge in [0.1, 0.15) is 23.6 Å². The molecule has 2 saturated heterocycles. The topological polar surface area (TPSA) is 84.7 Å². The second-order valence-corrected chi connectivity index (χ2v) is 11.6. The summed E-state index contributed by atoms with van der Waals surface area (Å²) in [6, 6.07) is 19.9. The first kappa shape index (κ1) is 26.2. The van der Waals surface area contributed by atoms with E-state index in [-0.39, 0.29) is 6.04 Å². The van der Waals surface area contributed by atoms with Gasteiger partial charge in [0.25, 0.3) is 0 Å². The van der Waals surface area contributed by atoms with Gasteiger partial charge >= 0.3 is 0 Å². The summed E-state index contributed by atoms with van der Waals surface area (Å²) >= 11 is 0. The molecule has 2 fully saturated rings. The van der Waals surface area contributed by atoms with E-state index in [1.54, 1.807) is 18.3 Å². The second-order valence-electron chi connectivity index (χ2n) is 11.6. The molecule has 0 bridgehead atoms. The van der Waals surface area contributed by atoms with Crippen LogP contribution in [0.4, 0.5) is 5.69 Å². The molecule has 2 N–H and O–H groups in total. The zero-order valence-corrected chi connectivity index (χ0v) is 23.3. The number of aliphatic hydroxyl groups is 1. The summed E-state index contributed by atoms with van der Waals surface area (Å²) in [7, 11) is 0. The Balaban J connectivity index is 1.07. The molecule has 41 heavy (non-hydrogen) atoms. The van der Waals surface area contributed by atoms with Crippen LogP contribution in [0.15, 0.2) is 79.3 Å². The van der Waals surface area contributed by atoms with Crippen molar-refractivity contribution in [2.45, 2.75) is 50.8 Å². The number of pyridine rings is 1. The van der Waals surface area contributed by atoms with Crippen molar-refractivity contribution in [3.05, 3.63) is 96.3 Å². The van der Waals surface area contributed by atoms with Crippen molar-refractivity contribution < 1.29 is 14.6 Å². The number of imidazole rings is 1. The minimum absolute atomic E-state index is 0.139. The van der Waals surface area contributed by atoms with E-state index in [2.05, 4.69) is 38.0 Å². The number of ether oxygens (including phenoxy) is 2. The number of aliphatic hydroxyl groups excluding tert-OH is 1. The minimum Gasteiger partial charge on any atom is -0.457 e. The fourth-order valence-electron chi connectivity index (χ4n) is 6.63. The number of nitrogens with zero attached hydrogens (tertiary/aromatic N) is 4. The standard InChI is InChI=1S/C33H37N5O3/c39-32(29-23-27(10-15-34-29)41-26-4-2-1-3-5-26)36-28-9-7-24-6-8-25(22-30(24)38-19-16-35-31(28)38)37-17-11-33(12-18-37)13-20-40-21-14-33/h1-6,8,10,15-16,19,22-23,28,32,36,39H,7,9,11-14,17-18,20-21H2. The molecule has 4 aromatic rings. The smallest absolute Gasteiger partial charge is 0.148 e. The zero-order chi connectivity index (χ0) is 27.6. The third-order valence-corrected chi connectivity index (χ3v) is 9.13. The lowest BCUT2D eigenvalue weighted by Gasteiger charge is -2.45. The van der Waals surface area contributed by atoms with Crippen LogP contribution in [-0.4, -0.2) is 45.9 Å². The second kappa shape index (κ2) is 11.3. The summed E-state index contributed by atoms with van der Waals surface area (Å²) in [5.74, 6) is 2.27. The highest BCUT2D eigenvalue weighted by atomic mass is 16.5. The molecule has 5 heterocycles. The molecule has 3 aliphatic rings. The maximum atomic E-state index is 11.2. The number of fused-ring (bicyclic) bond motifs is 3. The van der Waals surface area contributed by atoms with Gasteiger partial charge in [0, 0.05) is 56.6 Å². The Morgan fingerprint density at radius 2 is 1.76 bits per heavy atom. The zero-order valence-electron chi connectivity index (χ0n) is 23.3. The van der Waals surface area contributed by atoms with Crippen LogP contribution in [0.2, 0.25) is 0 Å². The van der Waals surface area contributed by atoms with Gasteiger partial charge in [-0.2, -0.15) is 0 Å². The molecular weight excluding hydrogens is 514 g/mol. The Morgan fingerprint density at radius 1 is 0.927 bits per heavy atom. The molecule has 2 unspecified atom stereocenters. The highest BCUT2D eigenvalue weighted by Crippen LogP contribution is 2.42. The molecule has 212 valence electrons. The Bertz CT molecular complexity index is 1470. The van der Waals surface area contributed by atoms with E-state index in [4.69, 9.17) is 14.5 Å². The molecule has 8 nitrogen and oxygen atoms in total. The average molecular weight is 552 g/mol. The largest absolute Gasteiger partial charge is 0.457 e. The predicted octanol–water partition coefficient (Wildman–Crippen LogP) is 5.72. The first-order valence-electron chi connectivity index (χ1n) is 14.8. The first-order chi connectivity index (χ1) is 20.2. The number of anilines is 1. The van der Waals surface area contributed by atoms with Crippen molar-refractivity contribution >= 4 is 5.69 Å². The van der Waals surface area contributed by atoms with Crippen LogP contribution < -0.4 is 15.0 Å². The fourth-order valence-corrected chi connectivity index (χ4v) is 6.63. The van der Waals surface area contributed by atoms with Gasteiger partial charge in [-0.05, 0) is 79.8 Å².